The van der Waals surface area contributed by atoms with Gasteiger partial charge in [-0.15, -0.1) is 23.1 Å². The molecular formula is C23H25N3O3S3. The van der Waals surface area contributed by atoms with Crippen LogP contribution in [-0.4, -0.2) is 36.7 Å². The van der Waals surface area contributed by atoms with E-state index in [4.69, 9.17) is 0 Å². The standard InChI is InChI=1S/C23H25N3O3S3/c1-17-5-10-21(32(28,29)26-11-3-2-4-12-26)13-22(17)25-23(27)18-6-8-20(9-7-18)31-15-19-14-30-16-24-19/h5-10,13-14,16H,2-4,11-12,15H2,1H3,(H,25,27). The van der Waals surface area contributed by atoms with Crippen LogP contribution in [0.25, 0.3) is 0 Å². The van der Waals surface area contributed by atoms with E-state index in [2.05, 4.69) is 10.3 Å². The molecule has 0 radical (unpaired) electrons. The molecule has 168 valence electrons. The Morgan fingerprint density at radius 3 is 2.56 bits per heavy atom. The number of carbonyl (C=O) groups is 1. The molecule has 1 aliphatic heterocycles. The zero-order valence-electron chi connectivity index (χ0n) is 17.8. The molecular weight excluding hydrogens is 462 g/mol. The Morgan fingerprint density at radius 2 is 1.88 bits per heavy atom. The lowest BCUT2D eigenvalue weighted by Gasteiger charge is -2.26. The van der Waals surface area contributed by atoms with Crippen LogP contribution in [0, 0.1) is 6.92 Å². The van der Waals surface area contributed by atoms with Crippen molar-refractivity contribution in [2.24, 2.45) is 0 Å². The maximum Gasteiger partial charge on any atom is 0.255 e. The van der Waals surface area contributed by atoms with Gasteiger partial charge < -0.3 is 5.32 Å². The van der Waals surface area contributed by atoms with Crippen molar-refractivity contribution in [1.82, 2.24) is 9.29 Å². The fourth-order valence-electron chi connectivity index (χ4n) is 3.51. The smallest absolute Gasteiger partial charge is 0.255 e. The highest BCUT2D eigenvalue weighted by molar-refractivity contribution is 7.98. The van der Waals surface area contributed by atoms with Gasteiger partial charge in [0, 0.05) is 40.4 Å². The number of thioether (sulfide) groups is 1. The van der Waals surface area contributed by atoms with Gasteiger partial charge in [-0.3, -0.25) is 4.79 Å². The fraction of sp³-hybridized carbons (Fsp3) is 0.304. The summed E-state index contributed by atoms with van der Waals surface area (Å²) in [6.45, 7) is 2.95. The molecule has 0 atom stereocenters. The van der Waals surface area contributed by atoms with Gasteiger partial charge >= 0.3 is 0 Å². The molecule has 0 spiro atoms. The highest BCUT2D eigenvalue weighted by atomic mass is 32.2. The predicted octanol–water partition coefficient (Wildman–Crippen LogP) is 5.17. The summed E-state index contributed by atoms with van der Waals surface area (Å²) in [6.07, 6.45) is 2.82. The maximum atomic E-state index is 13.0. The van der Waals surface area contributed by atoms with E-state index >= 15 is 0 Å². The molecule has 0 aliphatic carbocycles. The molecule has 1 saturated heterocycles. The van der Waals surface area contributed by atoms with Crippen molar-refractivity contribution in [3.8, 4) is 0 Å². The third kappa shape index (κ3) is 5.40. The number of nitrogens with one attached hydrogen (secondary N) is 1. The van der Waals surface area contributed by atoms with Crippen LogP contribution in [0.4, 0.5) is 5.69 Å². The predicted molar refractivity (Wildman–Crippen MR) is 130 cm³/mol. The second kappa shape index (κ2) is 10.2. The number of sulfonamides is 1. The molecule has 6 nitrogen and oxygen atoms in total. The first-order valence-corrected chi connectivity index (χ1v) is 13.8. The van der Waals surface area contributed by atoms with E-state index in [-0.39, 0.29) is 10.8 Å². The monoisotopic (exact) mass is 487 g/mol. The number of benzene rings is 2. The van der Waals surface area contributed by atoms with E-state index in [1.807, 2.05) is 29.9 Å². The molecule has 0 bridgehead atoms. The minimum absolute atomic E-state index is 0.217. The molecule has 3 aromatic rings. The molecule has 1 aliphatic rings. The molecule has 1 fully saturated rings. The van der Waals surface area contributed by atoms with Gasteiger partial charge in [0.2, 0.25) is 10.0 Å². The highest BCUT2D eigenvalue weighted by Gasteiger charge is 2.26. The van der Waals surface area contributed by atoms with Crippen LogP contribution in [0.15, 0.2) is 63.1 Å². The Balaban J connectivity index is 1.45. The molecule has 1 N–H and O–H groups in total. The van der Waals surface area contributed by atoms with Gasteiger partial charge in [0.25, 0.3) is 5.91 Å². The average molecular weight is 488 g/mol. The van der Waals surface area contributed by atoms with Gasteiger partial charge in [-0.1, -0.05) is 12.5 Å². The number of amides is 1. The zero-order valence-corrected chi connectivity index (χ0v) is 20.2. The van der Waals surface area contributed by atoms with Gasteiger partial charge in [0.1, 0.15) is 0 Å². The second-order valence-corrected chi connectivity index (χ2v) is 11.4. The molecule has 32 heavy (non-hydrogen) atoms. The number of anilines is 1. The lowest BCUT2D eigenvalue weighted by molar-refractivity contribution is 0.102. The average Bonchev–Trinajstić information content (AvgIpc) is 3.33. The molecule has 1 amide bonds. The van der Waals surface area contributed by atoms with Gasteiger partial charge in [-0.2, -0.15) is 4.31 Å². The van der Waals surface area contributed by atoms with Crippen molar-refractivity contribution >= 4 is 44.7 Å². The number of aromatic nitrogens is 1. The van der Waals surface area contributed by atoms with Crippen LogP contribution in [0.5, 0.6) is 0 Å². The second-order valence-electron chi connectivity index (χ2n) is 7.69. The lowest BCUT2D eigenvalue weighted by atomic mass is 10.1. The Labute approximate surface area is 197 Å². The van der Waals surface area contributed by atoms with E-state index < -0.39 is 10.0 Å². The molecule has 2 heterocycles. The van der Waals surface area contributed by atoms with E-state index in [1.165, 1.54) is 4.31 Å². The highest BCUT2D eigenvalue weighted by Crippen LogP contribution is 2.26. The molecule has 2 aromatic carbocycles. The topological polar surface area (TPSA) is 79.4 Å². The summed E-state index contributed by atoms with van der Waals surface area (Å²) in [4.78, 5) is 18.3. The molecule has 0 unspecified atom stereocenters. The molecule has 0 saturated carbocycles. The summed E-state index contributed by atoms with van der Waals surface area (Å²) in [5, 5.41) is 4.90. The molecule has 9 heteroatoms. The number of hydrogen-bond donors (Lipinski definition) is 1. The minimum Gasteiger partial charge on any atom is -0.322 e. The Morgan fingerprint density at radius 1 is 1.12 bits per heavy atom. The first-order chi connectivity index (χ1) is 15.4. The normalized spacial score (nSPS) is 14.9. The van der Waals surface area contributed by atoms with Crippen LogP contribution in [0.1, 0.15) is 40.9 Å². The quantitative estimate of drug-likeness (QED) is 0.465. The summed E-state index contributed by atoms with van der Waals surface area (Å²) in [7, 11) is -3.56. The summed E-state index contributed by atoms with van der Waals surface area (Å²) < 4.78 is 27.5. The van der Waals surface area contributed by atoms with Gasteiger partial charge in [-0.05, 0) is 61.7 Å². The van der Waals surface area contributed by atoms with Crippen molar-refractivity contribution in [3.05, 3.63) is 70.2 Å². The SMILES string of the molecule is Cc1ccc(S(=O)(=O)N2CCCCC2)cc1NC(=O)c1ccc(SCc2cscn2)cc1. The first-order valence-electron chi connectivity index (χ1n) is 10.5. The van der Waals surface area contributed by atoms with E-state index in [9.17, 15) is 13.2 Å². The van der Waals surface area contributed by atoms with Crippen molar-refractivity contribution < 1.29 is 13.2 Å². The third-order valence-corrected chi connectivity index (χ3v) is 8.97. The molecule has 1 aromatic heterocycles. The van der Waals surface area contributed by atoms with Crippen LogP contribution < -0.4 is 5.32 Å². The number of carbonyl (C=O) groups excluding carboxylic acids is 1. The number of hydrogen-bond acceptors (Lipinski definition) is 6. The molecule has 4 rings (SSSR count). The minimum atomic E-state index is -3.56. The third-order valence-electron chi connectivity index (χ3n) is 5.40. The van der Waals surface area contributed by atoms with Crippen LogP contribution in [0.2, 0.25) is 0 Å². The Hall–Kier alpha value is -2.20. The first kappa shape index (κ1) is 23.0. The van der Waals surface area contributed by atoms with Crippen molar-refractivity contribution in [3.63, 3.8) is 0 Å². The summed E-state index contributed by atoms with van der Waals surface area (Å²) in [5.41, 5.74) is 4.70. The van der Waals surface area contributed by atoms with Crippen LogP contribution >= 0.6 is 23.1 Å². The summed E-state index contributed by atoms with van der Waals surface area (Å²) in [5.74, 6) is 0.517. The Kier molecular flexibility index (Phi) is 7.30. The van der Waals surface area contributed by atoms with Gasteiger partial charge in [0.15, 0.2) is 0 Å². The number of piperidine rings is 1. The summed E-state index contributed by atoms with van der Waals surface area (Å²) >= 11 is 3.24. The van der Waals surface area contributed by atoms with Gasteiger partial charge in [-0.25, -0.2) is 13.4 Å². The van der Waals surface area contributed by atoms with Crippen LogP contribution in [-0.2, 0) is 15.8 Å². The van der Waals surface area contributed by atoms with Crippen molar-refractivity contribution in [1.29, 1.82) is 0 Å². The maximum absolute atomic E-state index is 13.0. The van der Waals surface area contributed by atoms with Gasteiger partial charge in [0.05, 0.1) is 16.1 Å². The Bertz CT molecular complexity index is 1170. The van der Waals surface area contributed by atoms with E-state index in [1.54, 1.807) is 53.4 Å². The van der Waals surface area contributed by atoms with Crippen molar-refractivity contribution in [2.45, 2.75) is 41.7 Å². The lowest BCUT2D eigenvalue weighted by Crippen LogP contribution is -2.35. The zero-order chi connectivity index (χ0) is 22.6. The van der Waals surface area contributed by atoms with Crippen LogP contribution in [0.3, 0.4) is 0 Å². The van der Waals surface area contributed by atoms with Crippen molar-refractivity contribution in [2.75, 3.05) is 18.4 Å². The number of thiazole rings is 1. The number of aryl methyl sites for hydroxylation is 1. The number of rotatable bonds is 7. The van der Waals surface area contributed by atoms with E-state index in [0.29, 0.717) is 24.3 Å². The van der Waals surface area contributed by atoms with E-state index in [0.717, 1.165) is 41.2 Å². The summed E-state index contributed by atoms with van der Waals surface area (Å²) in [6, 6.07) is 12.3. The fourth-order valence-corrected chi connectivity index (χ4v) is 6.52. The largest absolute Gasteiger partial charge is 0.322 e. The number of nitrogens with zero attached hydrogens (tertiary/aromatic N) is 2.